The molecule has 0 rings (SSSR count). The number of aliphatic carboxylic acids is 2. The number of carboxylic acid groups (broad SMARTS) is 2. The van der Waals surface area contributed by atoms with Gasteiger partial charge in [0.2, 0.25) is 0 Å². The molecule has 0 aliphatic rings. The van der Waals surface area contributed by atoms with E-state index in [0.29, 0.717) is 0 Å². The van der Waals surface area contributed by atoms with Crippen LogP contribution in [-0.4, -0.2) is 100 Å². The standard InChI is InChI=1S/2C3H8NO5P.Ca.H2O/c2*5-3(6)1-4-2-10(7,8)9;;/h2*4H,1-2H2,(H,5,6)(H2,7,8,9);;1H2/q;;+2;/p-2. The summed E-state index contributed by atoms with van der Waals surface area (Å²) in [6.07, 6.45) is -1.28. The number of nitrogens with one attached hydrogen (secondary N) is 2. The zero-order valence-electron chi connectivity index (χ0n) is 11.2. The summed E-state index contributed by atoms with van der Waals surface area (Å²) < 4.78 is 20.1. The second kappa shape index (κ2) is 14.9. The quantitative estimate of drug-likeness (QED) is 0.166. The van der Waals surface area contributed by atoms with Gasteiger partial charge in [-0.2, -0.15) is 0 Å². The molecule has 0 spiro atoms. The Kier molecular flexibility index (Phi) is 20.6. The number of hydrogen-bond acceptors (Lipinski definition) is 8. The molecule has 0 aromatic rings. The first-order valence-corrected chi connectivity index (χ1v) is 8.33. The molecule has 16 heteroatoms. The second-order valence-corrected chi connectivity index (χ2v) is 6.53. The van der Waals surface area contributed by atoms with E-state index in [1.165, 1.54) is 0 Å². The third-order valence-corrected chi connectivity index (χ3v) is 2.45. The Labute approximate surface area is 154 Å². The van der Waals surface area contributed by atoms with Crippen molar-refractivity contribution in [2.45, 2.75) is 0 Å². The molecule has 0 unspecified atom stereocenters. The minimum Gasteiger partial charge on any atom is -0.549 e. The van der Waals surface area contributed by atoms with Gasteiger partial charge < -0.3 is 55.5 Å². The van der Waals surface area contributed by atoms with Gasteiger partial charge in [0.05, 0.1) is 24.5 Å². The minimum absolute atomic E-state index is 0. The number of carbonyl (C=O) groups excluding carboxylic acids is 2. The van der Waals surface area contributed by atoms with E-state index in [1.54, 1.807) is 0 Å². The van der Waals surface area contributed by atoms with Gasteiger partial charge in [0, 0.05) is 13.1 Å². The van der Waals surface area contributed by atoms with Crippen molar-refractivity contribution in [3.8, 4) is 0 Å². The molecule has 8 N–H and O–H groups in total. The average molecular weight is 394 g/mol. The fraction of sp³-hybridized carbons (Fsp3) is 0.667. The summed E-state index contributed by atoms with van der Waals surface area (Å²) in [5, 5.41) is 23.3. The molecule has 0 aromatic heterocycles. The van der Waals surface area contributed by atoms with Crippen LogP contribution in [0.4, 0.5) is 0 Å². The van der Waals surface area contributed by atoms with Gasteiger partial charge in [-0.25, -0.2) is 0 Å². The summed E-state index contributed by atoms with van der Waals surface area (Å²) >= 11 is 0. The molecule has 128 valence electrons. The first-order chi connectivity index (χ1) is 8.83. The Bertz CT molecular complexity index is 369. The van der Waals surface area contributed by atoms with Crippen molar-refractivity contribution in [2.24, 2.45) is 0 Å². The van der Waals surface area contributed by atoms with Crippen LogP contribution in [0.1, 0.15) is 0 Å². The van der Waals surface area contributed by atoms with E-state index < -0.39 is 52.8 Å². The predicted octanol–water partition coefficient (Wildman–Crippen LogP) is -6.28. The molecule has 0 bridgehead atoms. The molecule has 0 heterocycles. The zero-order chi connectivity index (χ0) is 16.4. The molecule has 0 atom stereocenters. The molecule has 0 fully saturated rings. The minimum atomic E-state index is -4.12. The molecule has 0 saturated heterocycles. The Hall–Kier alpha value is 0.380. The molecule has 0 aliphatic carbocycles. The van der Waals surface area contributed by atoms with Crippen molar-refractivity contribution in [1.29, 1.82) is 0 Å². The Balaban J connectivity index is -0.000000135. The van der Waals surface area contributed by atoms with Gasteiger partial charge in [0.25, 0.3) is 0 Å². The van der Waals surface area contributed by atoms with Crippen molar-refractivity contribution in [3.63, 3.8) is 0 Å². The van der Waals surface area contributed by atoms with Crippen molar-refractivity contribution >= 4 is 64.9 Å². The predicted molar refractivity (Wildman–Crippen MR) is 69.2 cm³/mol. The summed E-state index contributed by atoms with van der Waals surface area (Å²) in [5.74, 6) is -2.79. The first kappa shape index (κ1) is 30.3. The maximum absolute atomic E-state index is 10.0. The SMILES string of the molecule is O.O=C([O-])CNCP(=O)(O)O.O=C([O-])CNCP(=O)(O)O.[Ca+2]. The van der Waals surface area contributed by atoms with Gasteiger partial charge in [-0.15, -0.1) is 0 Å². The largest absolute Gasteiger partial charge is 2.00 e. The molecule has 0 aliphatic heterocycles. The van der Waals surface area contributed by atoms with Gasteiger partial charge >= 0.3 is 52.9 Å². The van der Waals surface area contributed by atoms with E-state index in [9.17, 15) is 28.9 Å². The maximum Gasteiger partial charge on any atom is 2.00 e. The van der Waals surface area contributed by atoms with Crippen LogP contribution in [0.2, 0.25) is 0 Å². The van der Waals surface area contributed by atoms with E-state index in [0.717, 1.165) is 0 Å². The topological polar surface area (TPSA) is 251 Å². The third-order valence-electron chi connectivity index (χ3n) is 1.17. The summed E-state index contributed by atoms with van der Waals surface area (Å²) in [6.45, 7) is -1.10. The fourth-order valence-corrected chi connectivity index (χ4v) is 1.41. The molecule has 0 amide bonds. The number of rotatable bonds is 8. The van der Waals surface area contributed by atoms with E-state index in [2.05, 4.69) is 0 Å². The van der Waals surface area contributed by atoms with Crippen LogP contribution in [0.15, 0.2) is 0 Å². The smallest absolute Gasteiger partial charge is 0.549 e. The van der Waals surface area contributed by atoms with Crippen molar-refractivity contribution in [3.05, 3.63) is 0 Å². The van der Waals surface area contributed by atoms with Crippen LogP contribution in [0, 0.1) is 0 Å². The zero-order valence-corrected chi connectivity index (χ0v) is 15.2. The molecular weight excluding hydrogens is 378 g/mol. The Morgan fingerprint density at radius 3 is 1.18 bits per heavy atom. The summed E-state index contributed by atoms with van der Waals surface area (Å²) in [4.78, 5) is 52.0. The van der Waals surface area contributed by atoms with Crippen molar-refractivity contribution in [2.75, 3.05) is 25.7 Å². The summed E-state index contributed by atoms with van der Waals surface area (Å²) in [7, 11) is -8.25. The monoisotopic (exact) mass is 394 g/mol. The molecular formula is C6H16CaN2O11P2. The Morgan fingerprint density at radius 1 is 0.818 bits per heavy atom. The van der Waals surface area contributed by atoms with Gasteiger partial charge in [-0.3, -0.25) is 9.13 Å². The molecule has 13 nitrogen and oxygen atoms in total. The number of carboxylic acids is 2. The molecule has 0 saturated carbocycles. The van der Waals surface area contributed by atoms with Crippen molar-refractivity contribution in [1.82, 2.24) is 10.6 Å². The van der Waals surface area contributed by atoms with E-state index in [-0.39, 0.29) is 43.2 Å². The third kappa shape index (κ3) is 37.0. The molecule has 0 radical (unpaired) electrons. The van der Waals surface area contributed by atoms with Gasteiger partial charge in [-0.1, -0.05) is 0 Å². The van der Waals surface area contributed by atoms with Gasteiger partial charge in [0.1, 0.15) is 0 Å². The Morgan fingerprint density at radius 2 is 1.05 bits per heavy atom. The van der Waals surface area contributed by atoms with Crippen LogP contribution < -0.4 is 20.8 Å². The van der Waals surface area contributed by atoms with E-state index in [1.807, 2.05) is 10.6 Å². The summed E-state index contributed by atoms with van der Waals surface area (Å²) in [5.41, 5.74) is 0. The van der Waals surface area contributed by atoms with Gasteiger partial charge in [0.15, 0.2) is 0 Å². The van der Waals surface area contributed by atoms with Crippen molar-refractivity contribution < 1.29 is 54.0 Å². The summed E-state index contributed by atoms with van der Waals surface area (Å²) in [6, 6.07) is 0. The maximum atomic E-state index is 10.0. The van der Waals surface area contributed by atoms with Crippen LogP contribution in [0.5, 0.6) is 0 Å². The van der Waals surface area contributed by atoms with E-state index in [4.69, 9.17) is 19.6 Å². The van der Waals surface area contributed by atoms with Crippen LogP contribution in [-0.2, 0) is 18.7 Å². The van der Waals surface area contributed by atoms with E-state index >= 15 is 0 Å². The molecule has 0 aromatic carbocycles. The van der Waals surface area contributed by atoms with Crippen LogP contribution in [0.25, 0.3) is 0 Å². The average Bonchev–Trinajstić information content (AvgIpc) is 2.12. The van der Waals surface area contributed by atoms with Gasteiger partial charge in [-0.05, 0) is 0 Å². The molecule has 22 heavy (non-hydrogen) atoms. The first-order valence-electron chi connectivity index (χ1n) is 4.74. The van der Waals surface area contributed by atoms with Crippen LogP contribution in [0.3, 0.4) is 0 Å². The normalized spacial score (nSPS) is 10.4. The number of carbonyl (C=O) groups is 2. The second-order valence-electron chi connectivity index (χ2n) is 3.24. The fourth-order valence-electron chi connectivity index (χ4n) is 0.607. The number of hydrogen-bond donors (Lipinski definition) is 6. The van der Waals surface area contributed by atoms with Crippen LogP contribution >= 0.6 is 15.2 Å².